The van der Waals surface area contributed by atoms with Crippen LogP contribution in [0.15, 0.2) is 40.2 Å². The van der Waals surface area contributed by atoms with Crippen LogP contribution in [0.5, 0.6) is 0 Å². The smallest absolute Gasteiger partial charge is 0.103 e. The Morgan fingerprint density at radius 3 is 2.56 bits per heavy atom. The highest BCUT2D eigenvalue weighted by atomic mass is 16.3. The molecule has 0 unspecified atom stereocenters. The van der Waals surface area contributed by atoms with E-state index in [9.17, 15) is 5.11 Å². The second-order valence-corrected chi connectivity index (χ2v) is 5.86. The van der Waals surface area contributed by atoms with Crippen LogP contribution >= 0.6 is 0 Å². The van der Waals surface area contributed by atoms with Crippen molar-refractivity contribution in [2.24, 2.45) is 15.6 Å². The molecule has 1 N–H and O–H groups in total. The van der Waals surface area contributed by atoms with E-state index >= 15 is 0 Å². The maximum Gasteiger partial charge on any atom is 0.103 e. The third-order valence-electron chi connectivity index (χ3n) is 3.20. The van der Waals surface area contributed by atoms with Crippen LogP contribution < -0.4 is 0 Å². The van der Waals surface area contributed by atoms with Gasteiger partial charge in [-0.25, -0.2) is 0 Å². The van der Waals surface area contributed by atoms with E-state index in [4.69, 9.17) is 0 Å². The van der Waals surface area contributed by atoms with E-state index in [2.05, 4.69) is 16.3 Å². The zero-order valence-electron chi connectivity index (χ0n) is 11.4. The third-order valence-corrected chi connectivity index (χ3v) is 3.20. The van der Waals surface area contributed by atoms with Crippen LogP contribution in [0.1, 0.15) is 44.9 Å². The lowest BCUT2D eigenvalue weighted by molar-refractivity contribution is 0.0938. The van der Waals surface area contributed by atoms with Gasteiger partial charge in [0.2, 0.25) is 0 Å². The van der Waals surface area contributed by atoms with Crippen molar-refractivity contribution >= 4 is 6.08 Å². The van der Waals surface area contributed by atoms with Gasteiger partial charge in [-0.15, -0.1) is 0 Å². The minimum Gasteiger partial charge on any atom is -0.386 e. The van der Waals surface area contributed by atoms with E-state index in [0.29, 0.717) is 5.70 Å². The van der Waals surface area contributed by atoms with Gasteiger partial charge in [0.25, 0.3) is 0 Å². The lowest BCUT2D eigenvalue weighted by Gasteiger charge is -2.25. The minimum atomic E-state index is -0.611. The second-order valence-electron chi connectivity index (χ2n) is 5.86. The van der Waals surface area contributed by atoms with Crippen LogP contribution in [-0.4, -0.2) is 11.2 Å². The predicted molar refractivity (Wildman–Crippen MR) is 73.2 cm³/mol. The highest BCUT2D eigenvalue weighted by Gasteiger charge is 2.27. The van der Waals surface area contributed by atoms with Gasteiger partial charge in [-0.1, -0.05) is 45.0 Å². The van der Waals surface area contributed by atoms with Gasteiger partial charge in [0.15, 0.2) is 0 Å². The largest absolute Gasteiger partial charge is 0.386 e. The van der Waals surface area contributed by atoms with E-state index < -0.39 is 6.10 Å². The summed E-state index contributed by atoms with van der Waals surface area (Å²) in [6.07, 6.45) is 1.33. The molecule has 96 valence electrons. The molecule has 1 aliphatic rings. The van der Waals surface area contributed by atoms with Gasteiger partial charge in [0.05, 0.1) is 11.7 Å². The summed E-state index contributed by atoms with van der Waals surface area (Å²) in [7, 11) is 0. The number of aliphatic hydroxyl groups excluding tert-OH is 1. The molecule has 0 radical (unpaired) electrons. The maximum absolute atomic E-state index is 10.3. The highest BCUT2D eigenvalue weighted by molar-refractivity contribution is 5.58. The summed E-state index contributed by atoms with van der Waals surface area (Å²) in [4.78, 5) is 0. The molecule has 1 aromatic rings. The summed E-state index contributed by atoms with van der Waals surface area (Å²) in [6.45, 7) is 8.00. The van der Waals surface area contributed by atoms with Crippen molar-refractivity contribution in [2.45, 2.75) is 39.8 Å². The van der Waals surface area contributed by atoms with Crippen LogP contribution in [-0.2, 0) is 0 Å². The first-order valence-electron chi connectivity index (χ1n) is 6.29. The Hall–Kier alpha value is -1.48. The SMILES string of the molecule is C[C@H]1N=NC([C@H](O)C(C)(C)C)=Cc2ccccc21. The molecule has 0 aliphatic carbocycles. The zero-order valence-corrected chi connectivity index (χ0v) is 11.4. The average Bonchev–Trinajstić information content (AvgIpc) is 2.47. The normalized spacial score (nSPS) is 20.9. The van der Waals surface area contributed by atoms with Crippen LogP contribution in [0.4, 0.5) is 0 Å². The van der Waals surface area contributed by atoms with Gasteiger partial charge in [-0.05, 0) is 29.5 Å². The fourth-order valence-electron chi connectivity index (χ4n) is 2.00. The van der Waals surface area contributed by atoms with Gasteiger partial charge in [0.1, 0.15) is 6.10 Å². The quantitative estimate of drug-likeness (QED) is 0.798. The topological polar surface area (TPSA) is 45.0 Å². The summed E-state index contributed by atoms with van der Waals surface area (Å²) < 4.78 is 0. The molecule has 3 nitrogen and oxygen atoms in total. The minimum absolute atomic E-state index is 0.0297. The number of hydrogen-bond acceptors (Lipinski definition) is 3. The number of azo groups is 1. The van der Waals surface area contributed by atoms with Crippen molar-refractivity contribution in [3.05, 3.63) is 41.1 Å². The molecule has 0 bridgehead atoms. The van der Waals surface area contributed by atoms with E-state index in [1.165, 1.54) is 0 Å². The molecule has 0 spiro atoms. The summed E-state index contributed by atoms with van der Waals surface area (Å²) in [5, 5.41) is 18.8. The Labute approximate surface area is 108 Å². The molecule has 1 aliphatic heterocycles. The van der Waals surface area contributed by atoms with Gasteiger partial charge in [-0.3, -0.25) is 0 Å². The number of benzene rings is 1. The van der Waals surface area contributed by atoms with Crippen molar-refractivity contribution in [3.63, 3.8) is 0 Å². The number of hydrogen-bond donors (Lipinski definition) is 1. The molecule has 1 heterocycles. The molecule has 2 atom stereocenters. The Morgan fingerprint density at radius 1 is 1.22 bits per heavy atom. The summed E-state index contributed by atoms with van der Waals surface area (Å²) >= 11 is 0. The van der Waals surface area contributed by atoms with E-state index in [0.717, 1.165) is 11.1 Å². The number of rotatable bonds is 1. The van der Waals surface area contributed by atoms with Crippen molar-refractivity contribution in [1.29, 1.82) is 0 Å². The van der Waals surface area contributed by atoms with E-state index in [1.807, 2.05) is 52.0 Å². The van der Waals surface area contributed by atoms with E-state index in [1.54, 1.807) is 0 Å². The molecule has 0 aromatic heterocycles. The monoisotopic (exact) mass is 244 g/mol. The van der Waals surface area contributed by atoms with Crippen LogP contribution in [0.3, 0.4) is 0 Å². The van der Waals surface area contributed by atoms with E-state index in [-0.39, 0.29) is 11.5 Å². The van der Waals surface area contributed by atoms with Crippen LogP contribution in [0, 0.1) is 5.41 Å². The first-order valence-corrected chi connectivity index (χ1v) is 6.29. The van der Waals surface area contributed by atoms with Crippen LogP contribution in [0.25, 0.3) is 6.08 Å². The summed E-state index contributed by atoms with van der Waals surface area (Å²) in [6, 6.07) is 8.12. The maximum atomic E-state index is 10.3. The first-order chi connectivity index (χ1) is 8.39. The molecule has 0 saturated heterocycles. The number of aliphatic hydroxyl groups is 1. The predicted octanol–water partition coefficient (Wildman–Crippen LogP) is 3.96. The Kier molecular flexibility index (Phi) is 3.35. The average molecular weight is 244 g/mol. The summed E-state index contributed by atoms with van der Waals surface area (Å²) in [5.74, 6) is 0. The number of nitrogens with zero attached hydrogens (tertiary/aromatic N) is 2. The van der Waals surface area contributed by atoms with Crippen LogP contribution in [0.2, 0.25) is 0 Å². The number of fused-ring (bicyclic) bond motifs is 1. The van der Waals surface area contributed by atoms with Crippen molar-refractivity contribution < 1.29 is 5.11 Å². The third kappa shape index (κ3) is 2.51. The van der Waals surface area contributed by atoms with Gasteiger partial charge in [-0.2, -0.15) is 10.2 Å². The highest BCUT2D eigenvalue weighted by Crippen LogP contribution is 2.32. The standard InChI is InChI=1S/C15H20N2O/c1-10-12-8-6-5-7-11(12)9-13(17-16-10)14(18)15(2,3)4/h5-10,14,18H,1-4H3/t10-,14+/m1/s1. The van der Waals surface area contributed by atoms with Crippen molar-refractivity contribution in [2.75, 3.05) is 0 Å². The molecule has 3 heteroatoms. The fourth-order valence-corrected chi connectivity index (χ4v) is 2.00. The lowest BCUT2D eigenvalue weighted by Crippen LogP contribution is -2.27. The second kappa shape index (κ2) is 4.65. The first kappa shape index (κ1) is 13.0. The summed E-state index contributed by atoms with van der Waals surface area (Å²) in [5.41, 5.74) is 2.64. The molecule has 2 rings (SSSR count). The Bertz CT molecular complexity index is 497. The molecule has 0 saturated carbocycles. The lowest BCUT2D eigenvalue weighted by atomic mass is 9.86. The van der Waals surface area contributed by atoms with Gasteiger partial charge >= 0.3 is 0 Å². The van der Waals surface area contributed by atoms with Crippen molar-refractivity contribution in [3.8, 4) is 0 Å². The molecule has 0 fully saturated rings. The Balaban J connectivity index is 2.46. The molecule has 18 heavy (non-hydrogen) atoms. The molecule has 0 amide bonds. The Morgan fingerprint density at radius 2 is 1.89 bits per heavy atom. The fraction of sp³-hybridized carbons (Fsp3) is 0.467. The zero-order chi connectivity index (χ0) is 13.3. The van der Waals surface area contributed by atoms with Gasteiger partial charge in [0, 0.05) is 0 Å². The van der Waals surface area contributed by atoms with Gasteiger partial charge < -0.3 is 5.11 Å². The molecular weight excluding hydrogens is 224 g/mol. The molecule has 1 aromatic carbocycles. The van der Waals surface area contributed by atoms with Crippen molar-refractivity contribution in [1.82, 2.24) is 0 Å². The molecular formula is C15H20N2O.